The maximum atomic E-state index is 12.2. The van der Waals surface area contributed by atoms with Crippen molar-refractivity contribution in [3.8, 4) is 5.75 Å². The van der Waals surface area contributed by atoms with Gasteiger partial charge in [0.05, 0.1) is 17.1 Å². The molecule has 0 aliphatic carbocycles. The summed E-state index contributed by atoms with van der Waals surface area (Å²) in [5.74, 6) is 0.400. The molecule has 2 rings (SSSR count). The first-order chi connectivity index (χ1) is 9.51. The van der Waals surface area contributed by atoms with Gasteiger partial charge in [0, 0.05) is 21.2 Å². The van der Waals surface area contributed by atoms with Crippen LogP contribution < -0.4 is 10.1 Å². The fourth-order valence-corrected chi connectivity index (χ4v) is 2.61. The van der Waals surface area contributed by atoms with Crippen LogP contribution in [0.1, 0.15) is 10.4 Å². The van der Waals surface area contributed by atoms with Crippen molar-refractivity contribution in [1.29, 1.82) is 0 Å². The molecule has 0 atom stereocenters. The van der Waals surface area contributed by atoms with E-state index in [4.69, 9.17) is 16.3 Å². The average molecular weight is 420 g/mol. The lowest BCUT2D eigenvalue weighted by Crippen LogP contribution is -2.12. The molecule has 0 aliphatic rings. The lowest BCUT2D eigenvalue weighted by atomic mass is 10.2. The highest BCUT2D eigenvalue weighted by Crippen LogP contribution is 2.28. The van der Waals surface area contributed by atoms with Crippen LogP contribution in [0.2, 0.25) is 5.02 Å². The van der Waals surface area contributed by atoms with E-state index in [0.29, 0.717) is 26.5 Å². The monoisotopic (exact) mass is 417 g/mol. The molecule has 0 heterocycles. The summed E-state index contributed by atoms with van der Waals surface area (Å²) in [6, 6.07) is 10.4. The van der Waals surface area contributed by atoms with Crippen LogP contribution in [-0.2, 0) is 0 Å². The van der Waals surface area contributed by atoms with Crippen LogP contribution in [0.15, 0.2) is 45.3 Å². The second-order valence-corrected chi connectivity index (χ2v) is 6.07. The molecule has 20 heavy (non-hydrogen) atoms. The molecule has 0 fully saturated rings. The molecule has 6 heteroatoms. The molecule has 104 valence electrons. The van der Waals surface area contributed by atoms with E-state index in [1.807, 2.05) is 6.07 Å². The molecule has 2 aromatic rings. The Kier molecular flexibility index (Phi) is 5.07. The molecule has 0 saturated heterocycles. The highest BCUT2D eigenvalue weighted by molar-refractivity contribution is 9.10. The number of ether oxygens (including phenoxy) is 1. The Morgan fingerprint density at radius 2 is 1.85 bits per heavy atom. The van der Waals surface area contributed by atoms with Crippen LogP contribution in [0.5, 0.6) is 5.75 Å². The van der Waals surface area contributed by atoms with Crippen molar-refractivity contribution in [2.75, 3.05) is 12.4 Å². The number of amides is 1. The number of anilines is 1. The number of methoxy groups -OCH3 is 1. The summed E-state index contributed by atoms with van der Waals surface area (Å²) >= 11 is 12.6. The number of hydrogen-bond acceptors (Lipinski definition) is 2. The van der Waals surface area contributed by atoms with Crippen molar-refractivity contribution < 1.29 is 9.53 Å². The van der Waals surface area contributed by atoms with Crippen LogP contribution in [0.4, 0.5) is 5.69 Å². The molecule has 1 N–H and O–H groups in total. The van der Waals surface area contributed by atoms with E-state index in [2.05, 4.69) is 37.2 Å². The highest BCUT2D eigenvalue weighted by Gasteiger charge is 2.12. The van der Waals surface area contributed by atoms with Gasteiger partial charge in [0.1, 0.15) is 5.75 Å². The number of benzene rings is 2. The SMILES string of the molecule is COc1cc(NC(=O)c2cc(Cl)ccc2Br)ccc1Br. The first-order valence-corrected chi connectivity index (χ1v) is 7.57. The van der Waals surface area contributed by atoms with E-state index in [0.717, 1.165) is 4.47 Å². The number of hydrogen-bond donors (Lipinski definition) is 1. The zero-order valence-corrected chi connectivity index (χ0v) is 14.3. The fraction of sp³-hybridized carbons (Fsp3) is 0.0714. The van der Waals surface area contributed by atoms with E-state index in [1.165, 1.54) is 0 Å². The quantitative estimate of drug-likeness (QED) is 0.749. The number of halogens is 3. The molecule has 0 bridgehead atoms. The van der Waals surface area contributed by atoms with Crippen molar-refractivity contribution >= 4 is 55.1 Å². The molecule has 0 aromatic heterocycles. The average Bonchev–Trinajstić information content (AvgIpc) is 2.43. The second kappa shape index (κ2) is 6.61. The minimum absolute atomic E-state index is 0.247. The summed E-state index contributed by atoms with van der Waals surface area (Å²) in [5, 5.41) is 3.31. The van der Waals surface area contributed by atoms with Crippen molar-refractivity contribution in [1.82, 2.24) is 0 Å². The van der Waals surface area contributed by atoms with E-state index in [1.54, 1.807) is 37.4 Å². The molecule has 3 nitrogen and oxygen atoms in total. The Morgan fingerprint density at radius 1 is 1.15 bits per heavy atom. The summed E-state index contributed by atoms with van der Waals surface area (Å²) in [6.07, 6.45) is 0. The Labute approximate surface area is 138 Å². The standard InChI is InChI=1S/C14H10Br2ClNO2/c1-20-13-7-9(3-5-12(13)16)18-14(19)10-6-8(17)2-4-11(10)15/h2-7H,1H3,(H,18,19). The first-order valence-electron chi connectivity index (χ1n) is 5.61. The minimum atomic E-state index is -0.247. The Morgan fingerprint density at radius 3 is 2.55 bits per heavy atom. The summed E-state index contributed by atoms with van der Waals surface area (Å²) in [7, 11) is 1.57. The van der Waals surface area contributed by atoms with Crippen molar-refractivity contribution in [2.24, 2.45) is 0 Å². The zero-order chi connectivity index (χ0) is 14.7. The molecule has 1 amide bonds. The van der Waals surface area contributed by atoms with Gasteiger partial charge in [0.2, 0.25) is 0 Å². The summed E-state index contributed by atoms with van der Waals surface area (Å²) < 4.78 is 6.69. The van der Waals surface area contributed by atoms with Crippen LogP contribution in [-0.4, -0.2) is 13.0 Å². The predicted octanol–water partition coefficient (Wildman–Crippen LogP) is 5.13. The van der Waals surface area contributed by atoms with Crippen molar-refractivity contribution in [3.05, 3.63) is 55.9 Å². The van der Waals surface area contributed by atoms with Crippen LogP contribution in [0.25, 0.3) is 0 Å². The Hall–Kier alpha value is -1.04. The van der Waals surface area contributed by atoms with E-state index in [9.17, 15) is 4.79 Å². The largest absolute Gasteiger partial charge is 0.495 e. The number of rotatable bonds is 3. The third-order valence-corrected chi connectivity index (χ3v) is 4.16. The van der Waals surface area contributed by atoms with Gasteiger partial charge in [-0.3, -0.25) is 4.79 Å². The Balaban J connectivity index is 2.25. The number of carbonyl (C=O) groups excluding carboxylic acids is 1. The van der Waals surface area contributed by atoms with Gasteiger partial charge in [-0.05, 0) is 62.2 Å². The maximum absolute atomic E-state index is 12.2. The van der Waals surface area contributed by atoms with Gasteiger partial charge in [-0.1, -0.05) is 11.6 Å². The van der Waals surface area contributed by atoms with Crippen molar-refractivity contribution in [3.63, 3.8) is 0 Å². The van der Waals surface area contributed by atoms with Crippen LogP contribution in [0, 0.1) is 0 Å². The van der Waals surface area contributed by atoms with Gasteiger partial charge in [0.25, 0.3) is 5.91 Å². The highest BCUT2D eigenvalue weighted by atomic mass is 79.9. The molecule has 0 spiro atoms. The van der Waals surface area contributed by atoms with Crippen molar-refractivity contribution in [2.45, 2.75) is 0 Å². The zero-order valence-electron chi connectivity index (χ0n) is 10.4. The lowest BCUT2D eigenvalue weighted by Gasteiger charge is -2.09. The first kappa shape index (κ1) is 15.4. The van der Waals surface area contributed by atoms with Gasteiger partial charge in [-0.2, -0.15) is 0 Å². The second-order valence-electron chi connectivity index (χ2n) is 3.93. The normalized spacial score (nSPS) is 10.2. The van der Waals surface area contributed by atoms with E-state index < -0.39 is 0 Å². The van der Waals surface area contributed by atoms with Gasteiger partial charge in [0.15, 0.2) is 0 Å². The summed E-state index contributed by atoms with van der Waals surface area (Å²) in [6.45, 7) is 0. The summed E-state index contributed by atoms with van der Waals surface area (Å²) in [5.41, 5.74) is 1.11. The van der Waals surface area contributed by atoms with Crippen LogP contribution in [0.3, 0.4) is 0 Å². The van der Waals surface area contributed by atoms with E-state index in [-0.39, 0.29) is 5.91 Å². The lowest BCUT2D eigenvalue weighted by molar-refractivity contribution is 0.102. The number of nitrogens with one attached hydrogen (secondary N) is 1. The molecule has 0 aliphatic heterocycles. The fourth-order valence-electron chi connectivity index (χ4n) is 1.61. The Bertz CT molecular complexity index is 662. The molecular formula is C14H10Br2ClNO2. The third kappa shape index (κ3) is 3.53. The molecule has 0 saturated carbocycles. The predicted molar refractivity (Wildman–Crippen MR) is 87.8 cm³/mol. The van der Waals surface area contributed by atoms with Crippen LogP contribution >= 0.6 is 43.5 Å². The molecule has 0 unspecified atom stereocenters. The van der Waals surface area contributed by atoms with Gasteiger partial charge >= 0.3 is 0 Å². The smallest absolute Gasteiger partial charge is 0.256 e. The third-order valence-electron chi connectivity index (χ3n) is 2.58. The maximum Gasteiger partial charge on any atom is 0.256 e. The van der Waals surface area contributed by atoms with E-state index >= 15 is 0 Å². The van der Waals surface area contributed by atoms with Gasteiger partial charge in [-0.25, -0.2) is 0 Å². The summed E-state index contributed by atoms with van der Waals surface area (Å²) in [4.78, 5) is 12.2. The minimum Gasteiger partial charge on any atom is -0.495 e. The molecular weight excluding hydrogens is 409 g/mol. The molecule has 0 radical (unpaired) electrons. The number of carbonyl (C=O) groups is 1. The molecule has 2 aromatic carbocycles. The van der Waals surface area contributed by atoms with Gasteiger partial charge < -0.3 is 10.1 Å². The topological polar surface area (TPSA) is 38.3 Å². The van der Waals surface area contributed by atoms with Gasteiger partial charge in [-0.15, -0.1) is 0 Å².